The Morgan fingerprint density at radius 2 is 2.33 bits per heavy atom. The van der Waals surface area contributed by atoms with Crippen molar-refractivity contribution in [3.63, 3.8) is 0 Å². The molecule has 1 rings (SSSR count). The molecular formula is C5H3ClINO. The van der Waals surface area contributed by atoms with Gasteiger partial charge in [-0.3, -0.25) is 4.79 Å². The van der Waals surface area contributed by atoms with Gasteiger partial charge in [-0.1, -0.05) is 11.6 Å². The third kappa shape index (κ3) is 1.69. The molecule has 9 heavy (non-hydrogen) atoms. The van der Waals surface area contributed by atoms with Gasteiger partial charge in [0.1, 0.15) is 0 Å². The van der Waals surface area contributed by atoms with Crippen LogP contribution in [0.1, 0.15) is 0 Å². The molecule has 2 nitrogen and oxygen atoms in total. The van der Waals surface area contributed by atoms with Gasteiger partial charge in [0.15, 0.2) is 0 Å². The SMILES string of the molecule is O=c1cc(Cl)c(I)c[nH]1. The highest BCUT2D eigenvalue weighted by Gasteiger charge is 1.93. The topological polar surface area (TPSA) is 32.9 Å². The molecule has 0 aliphatic carbocycles. The lowest BCUT2D eigenvalue weighted by Crippen LogP contribution is -2.02. The molecule has 48 valence electrons. The maximum Gasteiger partial charge on any atom is 0.249 e. The van der Waals surface area contributed by atoms with E-state index in [1.165, 1.54) is 6.07 Å². The highest BCUT2D eigenvalue weighted by Crippen LogP contribution is 2.12. The van der Waals surface area contributed by atoms with E-state index in [0.29, 0.717) is 5.02 Å². The Balaban J connectivity index is 3.34. The fraction of sp³-hybridized carbons (Fsp3) is 0. The van der Waals surface area contributed by atoms with E-state index in [1.807, 2.05) is 22.6 Å². The third-order valence-electron chi connectivity index (χ3n) is 0.827. The van der Waals surface area contributed by atoms with Gasteiger partial charge < -0.3 is 4.98 Å². The van der Waals surface area contributed by atoms with Gasteiger partial charge in [-0.2, -0.15) is 0 Å². The second kappa shape index (κ2) is 2.70. The molecule has 0 aliphatic heterocycles. The summed E-state index contributed by atoms with van der Waals surface area (Å²) in [5.41, 5.74) is -0.166. The van der Waals surface area contributed by atoms with E-state index in [1.54, 1.807) is 6.20 Å². The van der Waals surface area contributed by atoms with Crippen molar-refractivity contribution in [2.75, 3.05) is 0 Å². The molecule has 0 atom stereocenters. The van der Waals surface area contributed by atoms with Gasteiger partial charge in [0.05, 0.1) is 5.02 Å². The van der Waals surface area contributed by atoms with Crippen LogP contribution in [0.2, 0.25) is 5.02 Å². The van der Waals surface area contributed by atoms with Gasteiger partial charge in [-0.25, -0.2) is 0 Å². The lowest BCUT2D eigenvalue weighted by atomic mass is 10.5. The number of pyridine rings is 1. The number of rotatable bonds is 0. The number of aromatic nitrogens is 1. The Labute approximate surface area is 70.4 Å². The molecule has 1 N–H and O–H groups in total. The molecule has 0 spiro atoms. The van der Waals surface area contributed by atoms with E-state index >= 15 is 0 Å². The fourth-order valence-electron chi connectivity index (χ4n) is 0.429. The largest absolute Gasteiger partial charge is 0.328 e. The number of nitrogens with one attached hydrogen (secondary N) is 1. The Morgan fingerprint density at radius 1 is 1.67 bits per heavy atom. The summed E-state index contributed by atoms with van der Waals surface area (Å²) in [4.78, 5) is 13.0. The molecule has 1 aromatic heterocycles. The first-order valence-corrected chi connectivity index (χ1v) is 3.69. The summed E-state index contributed by atoms with van der Waals surface area (Å²) in [7, 11) is 0. The average molecular weight is 255 g/mol. The fourth-order valence-corrected chi connectivity index (χ4v) is 0.894. The quantitative estimate of drug-likeness (QED) is 0.702. The van der Waals surface area contributed by atoms with Crippen molar-refractivity contribution in [2.24, 2.45) is 0 Å². The predicted molar refractivity (Wildman–Crippen MR) is 44.8 cm³/mol. The lowest BCUT2D eigenvalue weighted by molar-refractivity contribution is 1.22. The number of aromatic amines is 1. The molecule has 1 heterocycles. The second-order valence-electron chi connectivity index (χ2n) is 1.49. The van der Waals surface area contributed by atoms with Crippen molar-refractivity contribution < 1.29 is 0 Å². The van der Waals surface area contributed by atoms with Crippen LogP contribution in [0.3, 0.4) is 0 Å². The van der Waals surface area contributed by atoms with Gasteiger partial charge in [-0.05, 0) is 22.6 Å². The van der Waals surface area contributed by atoms with Crippen LogP contribution < -0.4 is 5.56 Å². The highest BCUT2D eigenvalue weighted by atomic mass is 127. The molecular weight excluding hydrogens is 252 g/mol. The molecule has 4 heteroatoms. The normalized spacial score (nSPS) is 9.56. The molecule has 0 radical (unpaired) electrons. The van der Waals surface area contributed by atoms with E-state index < -0.39 is 0 Å². The smallest absolute Gasteiger partial charge is 0.249 e. The summed E-state index contributed by atoms with van der Waals surface area (Å²) in [6, 6.07) is 1.35. The standard InChI is InChI=1S/C5H3ClINO/c6-3-1-5(9)8-2-4(3)7/h1-2H,(H,8,9). The predicted octanol–water partition coefficient (Wildman–Crippen LogP) is 1.63. The lowest BCUT2D eigenvalue weighted by Gasteiger charge is -1.89. The number of H-pyrrole nitrogens is 1. The molecule has 0 unspecified atom stereocenters. The molecule has 0 fully saturated rings. The van der Waals surface area contributed by atoms with Gasteiger partial charge in [0, 0.05) is 15.8 Å². The van der Waals surface area contributed by atoms with Crippen LogP contribution in [0, 0.1) is 3.57 Å². The van der Waals surface area contributed by atoms with E-state index in [-0.39, 0.29) is 5.56 Å². The van der Waals surface area contributed by atoms with Crippen molar-refractivity contribution in [3.05, 3.63) is 31.2 Å². The summed E-state index contributed by atoms with van der Waals surface area (Å²) in [6.45, 7) is 0. The maximum atomic E-state index is 10.5. The first-order chi connectivity index (χ1) is 4.20. The molecule has 0 aromatic carbocycles. The van der Waals surface area contributed by atoms with Crippen LogP contribution in [-0.2, 0) is 0 Å². The van der Waals surface area contributed by atoms with E-state index in [2.05, 4.69) is 4.98 Å². The molecule has 1 aromatic rings. The van der Waals surface area contributed by atoms with Crippen molar-refractivity contribution in [1.82, 2.24) is 4.98 Å². The van der Waals surface area contributed by atoms with Gasteiger partial charge in [0.25, 0.3) is 0 Å². The van der Waals surface area contributed by atoms with Crippen molar-refractivity contribution >= 4 is 34.2 Å². The van der Waals surface area contributed by atoms with Crippen molar-refractivity contribution in [3.8, 4) is 0 Å². The minimum absolute atomic E-state index is 0.166. The summed E-state index contributed by atoms with van der Waals surface area (Å²) < 4.78 is 0.855. The van der Waals surface area contributed by atoms with Gasteiger partial charge in [-0.15, -0.1) is 0 Å². The van der Waals surface area contributed by atoms with Gasteiger partial charge in [0.2, 0.25) is 5.56 Å². The van der Waals surface area contributed by atoms with Crippen LogP contribution >= 0.6 is 34.2 Å². The van der Waals surface area contributed by atoms with E-state index in [0.717, 1.165) is 3.57 Å². The first-order valence-electron chi connectivity index (χ1n) is 2.24. The number of hydrogen-bond donors (Lipinski definition) is 1. The number of halogens is 2. The monoisotopic (exact) mass is 255 g/mol. The van der Waals surface area contributed by atoms with Gasteiger partial charge >= 0.3 is 0 Å². The highest BCUT2D eigenvalue weighted by molar-refractivity contribution is 14.1. The van der Waals surface area contributed by atoms with Crippen LogP contribution in [0.15, 0.2) is 17.1 Å². The van der Waals surface area contributed by atoms with Crippen LogP contribution in [0.25, 0.3) is 0 Å². The number of hydrogen-bond acceptors (Lipinski definition) is 1. The Bertz CT molecular complexity index is 270. The van der Waals surface area contributed by atoms with Crippen LogP contribution in [-0.4, -0.2) is 4.98 Å². The zero-order valence-corrected chi connectivity index (χ0v) is 7.23. The Kier molecular flexibility index (Phi) is 2.13. The third-order valence-corrected chi connectivity index (χ3v) is 2.35. The minimum atomic E-state index is -0.166. The maximum absolute atomic E-state index is 10.5. The molecule has 0 saturated carbocycles. The minimum Gasteiger partial charge on any atom is -0.328 e. The van der Waals surface area contributed by atoms with Crippen LogP contribution in [0.5, 0.6) is 0 Å². The van der Waals surface area contributed by atoms with Crippen molar-refractivity contribution in [1.29, 1.82) is 0 Å². The summed E-state index contributed by atoms with van der Waals surface area (Å²) in [6.07, 6.45) is 1.57. The summed E-state index contributed by atoms with van der Waals surface area (Å²) in [5, 5.41) is 0.499. The molecule has 0 amide bonds. The summed E-state index contributed by atoms with van der Waals surface area (Å²) >= 11 is 7.63. The Hall–Kier alpha value is -0.0300. The zero-order valence-electron chi connectivity index (χ0n) is 4.32. The molecule has 0 saturated heterocycles. The average Bonchev–Trinajstić information content (AvgIpc) is 1.80. The first kappa shape index (κ1) is 7.08. The van der Waals surface area contributed by atoms with E-state index in [4.69, 9.17) is 11.6 Å². The zero-order chi connectivity index (χ0) is 6.85. The summed E-state index contributed by atoms with van der Waals surface area (Å²) in [5.74, 6) is 0. The van der Waals surface area contributed by atoms with E-state index in [9.17, 15) is 4.79 Å². The molecule has 0 aliphatic rings. The second-order valence-corrected chi connectivity index (χ2v) is 3.06. The van der Waals surface area contributed by atoms with Crippen molar-refractivity contribution in [2.45, 2.75) is 0 Å². The van der Waals surface area contributed by atoms with Crippen LogP contribution in [0.4, 0.5) is 0 Å². The molecule has 0 bridgehead atoms. The Morgan fingerprint density at radius 3 is 2.78 bits per heavy atom.